The lowest BCUT2D eigenvalue weighted by Crippen LogP contribution is -3.13. The van der Waals surface area contributed by atoms with Gasteiger partial charge in [-0.15, -0.1) is 0 Å². The maximum absolute atomic E-state index is 12.6. The second kappa shape index (κ2) is 7.14. The van der Waals surface area contributed by atoms with E-state index in [4.69, 9.17) is 0 Å². The number of carbonyl (C=O) groups excluding carboxylic acids is 1. The first kappa shape index (κ1) is 15.3. The van der Waals surface area contributed by atoms with Crippen molar-refractivity contribution < 1.29 is 9.69 Å². The van der Waals surface area contributed by atoms with Crippen molar-refractivity contribution in [2.75, 3.05) is 49.1 Å². The topological polar surface area (TPSA) is 28.0 Å². The minimum atomic E-state index is 0.278. The molecule has 4 nitrogen and oxygen atoms in total. The van der Waals surface area contributed by atoms with E-state index in [2.05, 4.69) is 30.0 Å². The third kappa shape index (κ3) is 3.27. The number of quaternary nitrogens is 1. The Kier molecular flexibility index (Phi) is 4.98. The van der Waals surface area contributed by atoms with E-state index in [1.165, 1.54) is 38.0 Å². The lowest BCUT2D eigenvalue weighted by molar-refractivity contribution is -0.903. The summed E-state index contributed by atoms with van der Waals surface area (Å²) in [7, 11) is 0. The van der Waals surface area contributed by atoms with Crippen molar-refractivity contribution in [2.45, 2.75) is 32.6 Å². The van der Waals surface area contributed by atoms with Crippen LogP contribution in [0.3, 0.4) is 0 Å². The van der Waals surface area contributed by atoms with Gasteiger partial charge in [0, 0.05) is 19.5 Å². The molecule has 1 fully saturated rings. The molecule has 22 heavy (non-hydrogen) atoms. The van der Waals surface area contributed by atoms with Gasteiger partial charge in [0.15, 0.2) is 0 Å². The van der Waals surface area contributed by atoms with Gasteiger partial charge in [0.1, 0.15) is 0 Å². The number of nitrogens with zero attached hydrogens (tertiary/aromatic N) is 2. The summed E-state index contributed by atoms with van der Waals surface area (Å²) in [6, 6.07) is 8.38. The second-order valence-corrected chi connectivity index (χ2v) is 6.42. The van der Waals surface area contributed by atoms with Gasteiger partial charge in [0.05, 0.1) is 37.6 Å². The molecule has 1 aromatic carbocycles. The number of rotatable bonds is 4. The Morgan fingerprint density at radius 3 is 2.55 bits per heavy atom. The Balaban J connectivity index is 1.77. The van der Waals surface area contributed by atoms with E-state index in [0.717, 1.165) is 31.9 Å². The van der Waals surface area contributed by atoms with Crippen LogP contribution in [0.4, 0.5) is 11.4 Å². The van der Waals surface area contributed by atoms with Crippen LogP contribution >= 0.6 is 0 Å². The Hall–Kier alpha value is -1.55. The van der Waals surface area contributed by atoms with Crippen molar-refractivity contribution in [3.63, 3.8) is 0 Å². The highest BCUT2D eigenvalue weighted by molar-refractivity contribution is 5.98. The minimum absolute atomic E-state index is 0.278. The van der Waals surface area contributed by atoms with Crippen LogP contribution in [0.15, 0.2) is 24.3 Å². The summed E-state index contributed by atoms with van der Waals surface area (Å²) in [6.45, 7) is 8.41. The quantitative estimate of drug-likeness (QED) is 0.908. The molecule has 3 rings (SSSR count). The highest BCUT2D eigenvalue weighted by atomic mass is 16.2. The number of benzene rings is 1. The number of anilines is 2. The van der Waals surface area contributed by atoms with E-state index < -0.39 is 0 Å². The summed E-state index contributed by atoms with van der Waals surface area (Å²) in [6.07, 6.45) is 4.67. The van der Waals surface area contributed by atoms with E-state index >= 15 is 0 Å². The molecule has 0 atom stereocenters. The largest absolute Gasteiger partial charge is 0.370 e. The SMILES string of the molecule is CCN1CCC(=O)N(CC[NH+]2CCCCC2)c2ccccc21. The van der Waals surface area contributed by atoms with E-state index in [1.54, 1.807) is 4.90 Å². The maximum atomic E-state index is 12.6. The molecule has 2 heterocycles. The van der Waals surface area contributed by atoms with Gasteiger partial charge in [-0.3, -0.25) is 4.79 Å². The zero-order chi connectivity index (χ0) is 15.4. The molecule has 1 N–H and O–H groups in total. The molecule has 120 valence electrons. The van der Waals surface area contributed by atoms with Crippen LogP contribution in [-0.2, 0) is 4.79 Å². The van der Waals surface area contributed by atoms with Gasteiger partial charge < -0.3 is 14.7 Å². The number of hydrogen-bond donors (Lipinski definition) is 1. The zero-order valence-corrected chi connectivity index (χ0v) is 13.7. The van der Waals surface area contributed by atoms with Crippen molar-refractivity contribution in [3.8, 4) is 0 Å². The number of amides is 1. The third-order valence-corrected chi connectivity index (χ3v) is 5.04. The van der Waals surface area contributed by atoms with Crippen molar-refractivity contribution in [1.29, 1.82) is 0 Å². The zero-order valence-electron chi connectivity index (χ0n) is 13.7. The van der Waals surface area contributed by atoms with Crippen molar-refractivity contribution in [3.05, 3.63) is 24.3 Å². The maximum Gasteiger partial charge on any atom is 0.229 e. The Bertz CT molecular complexity index is 511. The van der Waals surface area contributed by atoms with Gasteiger partial charge >= 0.3 is 0 Å². The van der Waals surface area contributed by atoms with Gasteiger partial charge in [-0.05, 0) is 38.3 Å². The summed E-state index contributed by atoms with van der Waals surface area (Å²) in [5, 5.41) is 0. The lowest BCUT2D eigenvalue weighted by atomic mass is 10.1. The molecule has 0 aliphatic carbocycles. The van der Waals surface area contributed by atoms with Gasteiger partial charge in [-0.25, -0.2) is 0 Å². The van der Waals surface area contributed by atoms with Crippen LogP contribution in [0, 0.1) is 0 Å². The summed E-state index contributed by atoms with van der Waals surface area (Å²) in [4.78, 5) is 18.6. The normalized spacial score (nSPS) is 20.0. The number of piperidine rings is 1. The summed E-state index contributed by atoms with van der Waals surface area (Å²) < 4.78 is 0. The highest BCUT2D eigenvalue weighted by Crippen LogP contribution is 2.32. The lowest BCUT2D eigenvalue weighted by Gasteiger charge is -2.28. The van der Waals surface area contributed by atoms with Crippen LogP contribution < -0.4 is 14.7 Å². The third-order valence-electron chi connectivity index (χ3n) is 5.04. The summed E-state index contributed by atoms with van der Waals surface area (Å²) in [5.74, 6) is 0.278. The average Bonchev–Trinajstić information content (AvgIpc) is 2.70. The van der Waals surface area contributed by atoms with E-state index in [-0.39, 0.29) is 5.91 Å². The molecule has 1 amide bonds. The van der Waals surface area contributed by atoms with Crippen LogP contribution in [0.5, 0.6) is 0 Å². The van der Waals surface area contributed by atoms with Gasteiger partial charge in [0.2, 0.25) is 5.91 Å². The number of hydrogen-bond acceptors (Lipinski definition) is 2. The van der Waals surface area contributed by atoms with E-state index in [0.29, 0.717) is 6.42 Å². The van der Waals surface area contributed by atoms with E-state index in [9.17, 15) is 4.79 Å². The molecule has 0 bridgehead atoms. The van der Waals surface area contributed by atoms with Crippen molar-refractivity contribution in [1.82, 2.24) is 0 Å². The molecule has 0 radical (unpaired) electrons. The predicted octanol–water partition coefficient (Wildman–Crippen LogP) is 1.32. The van der Waals surface area contributed by atoms with Gasteiger partial charge in [-0.1, -0.05) is 12.1 Å². The van der Waals surface area contributed by atoms with E-state index in [1.807, 2.05) is 11.0 Å². The molecule has 1 aromatic rings. The molecule has 4 heteroatoms. The second-order valence-electron chi connectivity index (χ2n) is 6.42. The van der Waals surface area contributed by atoms with Crippen molar-refractivity contribution >= 4 is 17.3 Å². The molecule has 2 aliphatic rings. The number of fused-ring (bicyclic) bond motifs is 1. The van der Waals surface area contributed by atoms with Crippen molar-refractivity contribution in [2.24, 2.45) is 0 Å². The molecular formula is C18H28N3O+. The summed E-state index contributed by atoms with van der Waals surface area (Å²) >= 11 is 0. The molecule has 0 spiro atoms. The number of para-hydroxylation sites is 2. The molecule has 0 unspecified atom stereocenters. The molecular weight excluding hydrogens is 274 g/mol. The van der Waals surface area contributed by atoms with Gasteiger partial charge in [-0.2, -0.15) is 0 Å². The smallest absolute Gasteiger partial charge is 0.229 e. The van der Waals surface area contributed by atoms with Crippen LogP contribution in [-0.4, -0.2) is 45.2 Å². The van der Waals surface area contributed by atoms with Crippen LogP contribution in [0.1, 0.15) is 32.6 Å². The summed E-state index contributed by atoms with van der Waals surface area (Å²) in [5.41, 5.74) is 2.31. The highest BCUT2D eigenvalue weighted by Gasteiger charge is 2.26. The minimum Gasteiger partial charge on any atom is -0.370 e. The molecule has 0 saturated carbocycles. The average molecular weight is 302 g/mol. The Labute approximate surface area is 133 Å². The van der Waals surface area contributed by atoms with Gasteiger partial charge in [0.25, 0.3) is 0 Å². The number of likely N-dealkylation sites (tertiary alicyclic amines) is 1. The fourth-order valence-electron chi connectivity index (χ4n) is 3.73. The first-order valence-corrected chi connectivity index (χ1v) is 8.77. The molecule has 0 aromatic heterocycles. The first-order valence-electron chi connectivity index (χ1n) is 8.77. The standard InChI is InChI=1S/C18H27N3O/c1-2-20-13-10-18(22)21(17-9-5-4-8-16(17)20)15-14-19-11-6-3-7-12-19/h4-5,8-9H,2-3,6-7,10-15H2,1H3/p+1. The Morgan fingerprint density at radius 1 is 1.09 bits per heavy atom. The Morgan fingerprint density at radius 2 is 1.82 bits per heavy atom. The molecule has 1 saturated heterocycles. The fraction of sp³-hybridized carbons (Fsp3) is 0.611. The van der Waals surface area contributed by atoms with Crippen LogP contribution in [0.25, 0.3) is 0 Å². The van der Waals surface area contributed by atoms with Crippen LogP contribution in [0.2, 0.25) is 0 Å². The fourth-order valence-corrected chi connectivity index (χ4v) is 3.73. The number of nitrogens with one attached hydrogen (secondary N) is 1. The predicted molar refractivity (Wildman–Crippen MR) is 90.7 cm³/mol. The first-order chi connectivity index (χ1) is 10.8. The number of carbonyl (C=O) groups is 1. The monoisotopic (exact) mass is 302 g/mol. The molecule has 2 aliphatic heterocycles.